The van der Waals surface area contributed by atoms with Crippen molar-refractivity contribution in [2.24, 2.45) is 0 Å². The zero-order valence-electron chi connectivity index (χ0n) is 5.74. The molecule has 0 bridgehead atoms. The minimum Gasteiger partial charge on any atom is -0.122 e. The van der Waals surface area contributed by atoms with Crippen LogP contribution >= 0.6 is 23.2 Å². The summed E-state index contributed by atoms with van der Waals surface area (Å²) in [4.78, 5) is 0. The molecule has 0 aliphatic heterocycles. The third kappa shape index (κ3) is 1.77. The molecule has 1 aliphatic rings. The lowest BCUT2D eigenvalue weighted by molar-refractivity contribution is 0.943. The van der Waals surface area contributed by atoms with Crippen molar-refractivity contribution >= 4 is 23.2 Å². The highest BCUT2D eigenvalue weighted by atomic mass is 35.5. The highest BCUT2D eigenvalue weighted by Gasteiger charge is 2.04. The third-order valence-electron chi connectivity index (χ3n) is 1.69. The summed E-state index contributed by atoms with van der Waals surface area (Å²) in [5, 5.41) is 0. The van der Waals surface area contributed by atoms with Crippen LogP contribution in [0, 0.1) is 0 Å². The maximum absolute atomic E-state index is 5.70. The Kier molecular flexibility index (Phi) is 3.30. The van der Waals surface area contributed by atoms with Crippen molar-refractivity contribution < 1.29 is 0 Å². The van der Waals surface area contributed by atoms with Crippen molar-refractivity contribution in [2.45, 2.75) is 12.8 Å². The molecular formula is C8H10Cl2. The Morgan fingerprint density at radius 2 is 2.10 bits per heavy atom. The van der Waals surface area contributed by atoms with Gasteiger partial charge < -0.3 is 0 Å². The molecule has 1 rings (SSSR count). The first-order valence-electron chi connectivity index (χ1n) is 3.38. The fourth-order valence-corrected chi connectivity index (χ4v) is 1.64. The van der Waals surface area contributed by atoms with E-state index in [1.165, 1.54) is 11.1 Å². The summed E-state index contributed by atoms with van der Waals surface area (Å²) in [6.07, 6.45) is 6.42. The van der Waals surface area contributed by atoms with Gasteiger partial charge in [-0.1, -0.05) is 17.7 Å². The summed E-state index contributed by atoms with van der Waals surface area (Å²) >= 11 is 11.4. The Morgan fingerprint density at radius 1 is 1.30 bits per heavy atom. The molecular weight excluding hydrogens is 167 g/mol. The van der Waals surface area contributed by atoms with Gasteiger partial charge in [0.15, 0.2) is 0 Å². The second kappa shape index (κ2) is 4.05. The fraction of sp³-hybridized carbons (Fsp3) is 0.500. The normalized spacial score (nSPS) is 18.2. The van der Waals surface area contributed by atoms with E-state index in [4.69, 9.17) is 23.2 Å². The molecule has 56 valence electrons. The molecule has 1 aliphatic carbocycles. The number of hydrogen-bond donors (Lipinski definition) is 0. The molecule has 0 atom stereocenters. The summed E-state index contributed by atoms with van der Waals surface area (Å²) in [7, 11) is 0. The quantitative estimate of drug-likeness (QED) is 0.568. The average Bonchev–Trinajstić information content (AvgIpc) is 2.04. The van der Waals surface area contributed by atoms with Crippen LogP contribution in [0.2, 0.25) is 0 Å². The summed E-state index contributed by atoms with van der Waals surface area (Å²) in [6, 6.07) is 0. The van der Waals surface area contributed by atoms with Gasteiger partial charge >= 0.3 is 0 Å². The predicted molar refractivity (Wildman–Crippen MR) is 46.8 cm³/mol. The second-order valence-electron chi connectivity index (χ2n) is 2.34. The topological polar surface area (TPSA) is 0 Å². The van der Waals surface area contributed by atoms with Crippen LogP contribution in [0.1, 0.15) is 12.8 Å². The molecule has 0 saturated heterocycles. The number of allylic oxidation sites excluding steroid dienone is 4. The summed E-state index contributed by atoms with van der Waals surface area (Å²) in [5.41, 5.74) is 2.52. The summed E-state index contributed by atoms with van der Waals surface area (Å²) < 4.78 is 0. The van der Waals surface area contributed by atoms with Gasteiger partial charge in [0.2, 0.25) is 0 Å². The Balaban J connectivity index is 2.73. The van der Waals surface area contributed by atoms with Crippen molar-refractivity contribution in [1.29, 1.82) is 0 Å². The minimum absolute atomic E-state index is 0.596. The molecule has 0 unspecified atom stereocenters. The molecule has 0 amide bonds. The molecule has 0 N–H and O–H groups in total. The van der Waals surface area contributed by atoms with Crippen LogP contribution in [0.3, 0.4) is 0 Å². The molecule has 2 heteroatoms. The first kappa shape index (κ1) is 8.16. The van der Waals surface area contributed by atoms with E-state index in [-0.39, 0.29) is 0 Å². The van der Waals surface area contributed by atoms with Crippen molar-refractivity contribution in [3.05, 3.63) is 23.3 Å². The number of alkyl halides is 2. The van der Waals surface area contributed by atoms with Gasteiger partial charge in [0.25, 0.3) is 0 Å². The van der Waals surface area contributed by atoms with Crippen LogP contribution in [0.25, 0.3) is 0 Å². The Bertz CT molecular complexity index is 168. The van der Waals surface area contributed by atoms with E-state index in [1.54, 1.807) is 0 Å². The van der Waals surface area contributed by atoms with Crippen LogP contribution < -0.4 is 0 Å². The molecule has 0 fully saturated rings. The number of hydrogen-bond acceptors (Lipinski definition) is 0. The van der Waals surface area contributed by atoms with Gasteiger partial charge in [-0.15, -0.1) is 23.2 Å². The van der Waals surface area contributed by atoms with E-state index < -0.39 is 0 Å². The first-order valence-corrected chi connectivity index (χ1v) is 4.44. The summed E-state index contributed by atoms with van der Waals surface area (Å²) in [5.74, 6) is 1.23. The van der Waals surface area contributed by atoms with Crippen molar-refractivity contribution in [3.63, 3.8) is 0 Å². The van der Waals surface area contributed by atoms with Gasteiger partial charge in [0, 0.05) is 11.8 Å². The van der Waals surface area contributed by atoms with Gasteiger partial charge in [-0.2, -0.15) is 0 Å². The fourth-order valence-electron chi connectivity index (χ4n) is 1.05. The molecule has 0 radical (unpaired) electrons. The lowest BCUT2D eigenvalue weighted by Crippen LogP contribution is -1.97. The molecule has 0 heterocycles. The van der Waals surface area contributed by atoms with Gasteiger partial charge in [-0.3, -0.25) is 0 Å². The number of rotatable bonds is 2. The van der Waals surface area contributed by atoms with Crippen LogP contribution in [0.5, 0.6) is 0 Å². The Hall–Kier alpha value is 0.0600. The third-order valence-corrected chi connectivity index (χ3v) is 2.30. The SMILES string of the molecule is ClCC1=C(CCl)CCC=C1. The highest BCUT2D eigenvalue weighted by Crippen LogP contribution is 2.20. The van der Waals surface area contributed by atoms with Gasteiger partial charge in [-0.25, -0.2) is 0 Å². The standard InChI is InChI=1S/C8H10Cl2/c9-5-7-3-1-2-4-8(7)6-10/h1,3H,2,4-6H2. The molecule has 0 spiro atoms. The first-order chi connectivity index (χ1) is 4.88. The zero-order valence-corrected chi connectivity index (χ0v) is 7.25. The van der Waals surface area contributed by atoms with E-state index in [9.17, 15) is 0 Å². The van der Waals surface area contributed by atoms with Crippen LogP contribution in [0.15, 0.2) is 23.3 Å². The van der Waals surface area contributed by atoms with E-state index in [0.29, 0.717) is 11.8 Å². The van der Waals surface area contributed by atoms with Crippen molar-refractivity contribution in [3.8, 4) is 0 Å². The van der Waals surface area contributed by atoms with Crippen molar-refractivity contribution in [2.75, 3.05) is 11.8 Å². The molecule has 0 nitrogen and oxygen atoms in total. The summed E-state index contributed by atoms with van der Waals surface area (Å²) in [6.45, 7) is 0. The second-order valence-corrected chi connectivity index (χ2v) is 2.87. The van der Waals surface area contributed by atoms with Crippen LogP contribution in [-0.2, 0) is 0 Å². The minimum atomic E-state index is 0.596. The largest absolute Gasteiger partial charge is 0.122 e. The van der Waals surface area contributed by atoms with E-state index >= 15 is 0 Å². The maximum atomic E-state index is 5.70. The predicted octanol–water partition coefficient (Wildman–Crippen LogP) is 3.11. The van der Waals surface area contributed by atoms with E-state index in [0.717, 1.165) is 12.8 Å². The van der Waals surface area contributed by atoms with Crippen LogP contribution in [0.4, 0.5) is 0 Å². The molecule has 0 saturated carbocycles. The van der Waals surface area contributed by atoms with Gasteiger partial charge in [0.05, 0.1) is 0 Å². The lowest BCUT2D eigenvalue weighted by atomic mass is 10.0. The van der Waals surface area contributed by atoms with Gasteiger partial charge in [-0.05, 0) is 18.4 Å². The molecule has 0 aromatic heterocycles. The molecule has 0 aromatic carbocycles. The smallest absolute Gasteiger partial charge is 0.0473 e. The number of halogens is 2. The van der Waals surface area contributed by atoms with E-state index in [2.05, 4.69) is 12.2 Å². The monoisotopic (exact) mass is 176 g/mol. The highest BCUT2D eigenvalue weighted by molar-refractivity contribution is 6.21. The maximum Gasteiger partial charge on any atom is 0.0473 e. The molecule has 0 aromatic rings. The van der Waals surface area contributed by atoms with Gasteiger partial charge in [0.1, 0.15) is 0 Å². The average molecular weight is 177 g/mol. The van der Waals surface area contributed by atoms with E-state index in [1.807, 2.05) is 0 Å². The zero-order chi connectivity index (χ0) is 7.40. The Morgan fingerprint density at radius 3 is 2.60 bits per heavy atom. The van der Waals surface area contributed by atoms with Crippen molar-refractivity contribution in [1.82, 2.24) is 0 Å². The molecule has 10 heavy (non-hydrogen) atoms. The Labute approximate surface area is 71.5 Å². The lowest BCUT2D eigenvalue weighted by Gasteiger charge is -2.10. The van der Waals surface area contributed by atoms with Crippen LogP contribution in [-0.4, -0.2) is 11.8 Å².